The Kier molecular flexibility index (Phi) is 4.41. The van der Waals surface area contributed by atoms with Crippen molar-refractivity contribution in [1.29, 1.82) is 0 Å². The molecule has 0 saturated heterocycles. The molecule has 1 aliphatic rings. The lowest BCUT2D eigenvalue weighted by Gasteiger charge is -2.24. The van der Waals surface area contributed by atoms with Gasteiger partial charge in [0.05, 0.1) is 0 Å². The van der Waals surface area contributed by atoms with Crippen molar-refractivity contribution in [3.8, 4) is 0 Å². The van der Waals surface area contributed by atoms with E-state index in [4.69, 9.17) is 0 Å². The molecule has 19 heavy (non-hydrogen) atoms. The summed E-state index contributed by atoms with van der Waals surface area (Å²) in [7, 11) is 0. The molecule has 0 radical (unpaired) electrons. The van der Waals surface area contributed by atoms with Crippen LogP contribution in [0.3, 0.4) is 0 Å². The minimum absolute atomic E-state index is 0.172. The number of rotatable bonds is 3. The van der Waals surface area contributed by atoms with Crippen LogP contribution in [0, 0.1) is 5.92 Å². The molecular weight excluding hydrogens is 234 g/mol. The minimum atomic E-state index is 0.172. The summed E-state index contributed by atoms with van der Waals surface area (Å²) in [6.07, 6.45) is 3.81. The van der Waals surface area contributed by atoms with Gasteiger partial charge in [0, 0.05) is 18.7 Å². The van der Waals surface area contributed by atoms with Gasteiger partial charge in [0.15, 0.2) is 0 Å². The van der Waals surface area contributed by atoms with Gasteiger partial charge in [-0.3, -0.25) is 4.79 Å². The van der Waals surface area contributed by atoms with E-state index in [1.807, 2.05) is 17.0 Å². The summed E-state index contributed by atoms with van der Waals surface area (Å²) in [5.41, 5.74) is 2.55. The first-order chi connectivity index (χ1) is 9.08. The van der Waals surface area contributed by atoms with Gasteiger partial charge in [0.1, 0.15) is 0 Å². The van der Waals surface area contributed by atoms with Gasteiger partial charge in [-0.2, -0.15) is 0 Å². The molecule has 0 aromatic heterocycles. The monoisotopic (exact) mass is 257 g/mol. The Morgan fingerprint density at radius 2 is 1.95 bits per heavy atom. The molecule has 0 saturated carbocycles. The third-order valence-corrected chi connectivity index (χ3v) is 3.90. The maximum Gasteiger partial charge on any atom is 0.246 e. The zero-order chi connectivity index (χ0) is 13.8. The fourth-order valence-corrected chi connectivity index (χ4v) is 2.58. The number of allylic oxidation sites excluding steroid dienone is 1. The Hall–Kier alpha value is -1.57. The van der Waals surface area contributed by atoms with E-state index >= 15 is 0 Å². The molecule has 0 N–H and O–H groups in total. The Balaban J connectivity index is 2.18. The number of amides is 1. The van der Waals surface area contributed by atoms with Gasteiger partial charge in [-0.15, -0.1) is 0 Å². The largest absolute Gasteiger partial charge is 0.337 e. The summed E-state index contributed by atoms with van der Waals surface area (Å²) < 4.78 is 0. The van der Waals surface area contributed by atoms with E-state index in [9.17, 15) is 4.79 Å². The molecule has 1 atom stereocenters. The minimum Gasteiger partial charge on any atom is -0.337 e. The number of hydrogen-bond donors (Lipinski definition) is 0. The van der Waals surface area contributed by atoms with Gasteiger partial charge >= 0.3 is 0 Å². The molecule has 0 aliphatic carbocycles. The van der Waals surface area contributed by atoms with E-state index < -0.39 is 0 Å². The van der Waals surface area contributed by atoms with Crippen LogP contribution in [0.2, 0.25) is 0 Å². The second-order valence-electron chi connectivity index (χ2n) is 5.70. The van der Waals surface area contributed by atoms with Crippen LogP contribution < -0.4 is 0 Å². The Labute approximate surface area is 116 Å². The third kappa shape index (κ3) is 3.46. The average Bonchev–Trinajstić information content (AvgIpc) is 2.51. The molecule has 0 spiro atoms. The number of nitrogens with zero attached hydrogens (tertiary/aromatic N) is 1. The topological polar surface area (TPSA) is 20.3 Å². The maximum absolute atomic E-state index is 12.3. The molecule has 1 unspecified atom stereocenters. The highest BCUT2D eigenvalue weighted by molar-refractivity contribution is 5.89. The van der Waals surface area contributed by atoms with Crippen molar-refractivity contribution in [2.24, 2.45) is 5.92 Å². The molecule has 1 aliphatic heterocycles. The van der Waals surface area contributed by atoms with Crippen molar-refractivity contribution in [1.82, 2.24) is 4.90 Å². The van der Waals surface area contributed by atoms with Crippen LogP contribution in [-0.2, 0) is 11.2 Å². The van der Waals surface area contributed by atoms with Crippen LogP contribution in [0.25, 0.3) is 0 Å². The smallest absolute Gasteiger partial charge is 0.246 e. The quantitative estimate of drug-likeness (QED) is 0.812. The second kappa shape index (κ2) is 6.05. The molecule has 1 heterocycles. The zero-order valence-electron chi connectivity index (χ0n) is 12.1. The Morgan fingerprint density at radius 3 is 2.58 bits per heavy atom. The SMILES string of the molecule is CC1CCN(C(C)C)C(=O)C=C1Cc1ccccc1. The van der Waals surface area contributed by atoms with E-state index in [0.717, 1.165) is 19.4 Å². The standard InChI is InChI=1S/C17H23NO/c1-13(2)18-10-9-14(3)16(12-17(18)19)11-15-7-5-4-6-8-15/h4-8,12-14H,9-11H2,1-3H3. The zero-order valence-corrected chi connectivity index (χ0v) is 12.1. The summed E-state index contributed by atoms with van der Waals surface area (Å²) in [4.78, 5) is 14.2. The van der Waals surface area contributed by atoms with Crippen molar-refractivity contribution in [2.75, 3.05) is 6.54 Å². The van der Waals surface area contributed by atoms with Crippen molar-refractivity contribution in [3.05, 3.63) is 47.5 Å². The lowest BCUT2D eigenvalue weighted by Crippen LogP contribution is -2.35. The summed E-state index contributed by atoms with van der Waals surface area (Å²) in [5.74, 6) is 0.651. The van der Waals surface area contributed by atoms with Crippen LogP contribution in [0.15, 0.2) is 42.0 Å². The number of carbonyl (C=O) groups is 1. The Morgan fingerprint density at radius 1 is 1.26 bits per heavy atom. The van der Waals surface area contributed by atoms with E-state index in [2.05, 4.69) is 45.0 Å². The van der Waals surface area contributed by atoms with E-state index in [0.29, 0.717) is 5.92 Å². The van der Waals surface area contributed by atoms with Crippen molar-refractivity contribution in [3.63, 3.8) is 0 Å². The molecule has 2 nitrogen and oxygen atoms in total. The van der Waals surface area contributed by atoms with Crippen LogP contribution in [0.1, 0.15) is 32.8 Å². The summed E-state index contributed by atoms with van der Waals surface area (Å²) in [6.45, 7) is 7.26. The lowest BCUT2D eigenvalue weighted by molar-refractivity contribution is -0.127. The van der Waals surface area contributed by atoms with Crippen LogP contribution in [0.5, 0.6) is 0 Å². The predicted octanol–water partition coefficient (Wildman–Crippen LogP) is 3.43. The molecule has 2 rings (SSSR count). The molecule has 1 aromatic rings. The molecule has 2 heteroatoms. The van der Waals surface area contributed by atoms with Crippen molar-refractivity contribution >= 4 is 5.91 Å². The van der Waals surface area contributed by atoms with E-state index in [-0.39, 0.29) is 11.9 Å². The van der Waals surface area contributed by atoms with Gasteiger partial charge in [-0.25, -0.2) is 0 Å². The summed E-state index contributed by atoms with van der Waals surface area (Å²) >= 11 is 0. The molecule has 1 aromatic carbocycles. The molecular formula is C17H23NO. The van der Waals surface area contributed by atoms with Gasteiger partial charge in [0.2, 0.25) is 5.91 Å². The fraction of sp³-hybridized carbons (Fsp3) is 0.471. The second-order valence-corrected chi connectivity index (χ2v) is 5.70. The highest BCUT2D eigenvalue weighted by Crippen LogP contribution is 2.24. The number of benzene rings is 1. The highest BCUT2D eigenvalue weighted by Gasteiger charge is 2.22. The third-order valence-electron chi connectivity index (χ3n) is 3.90. The Bertz CT molecular complexity index is 461. The molecule has 0 bridgehead atoms. The summed E-state index contributed by atoms with van der Waals surface area (Å²) in [5, 5.41) is 0. The first-order valence-corrected chi connectivity index (χ1v) is 7.13. The van der Waals surface area contributed by atoms with Gasteiger partial charge < -0.3 is 4.90 Å². The first-order valence-electron chi connectivity index (χ1n) is 7.13. The van der Waals surface area contributed by atoms with Gasteiger partial charge in [0.25, 0.3) is 0 Å². The fourth-order valence-electron chi connectivity index (χ4n) is 2.58. The van der Waals surface area contributed by atoms with Crippen molar-refractivity contribution in [2.45, 2.75) is 39.7 Å². The number of hydrogen-bond acceptors (Lipinski definition) is 1. The molecule has 102 valence electrons. The predicted molar refractivity (Wildman–Crippen MR) is 78.9 cm³/mol. The molecule has 1 amide bonds. The van der Waals surface area contributed by atoms with E-state index in [1.54, 1.807) is 0 Å². The van der Waals surface area contributed by atoms with Gasteiger partial charge in [-0.1, -0.05) is 42.8 Å². The highest BCUT2D eigenvalue weighted by atomic mass is 16.2. The van der Waals surface area contributed by atoms with Crippen molar-refractivity contribution < 1.29 is 4.79 Å². The number of carbonyl (C=O) groups excluding carboxylic acids is 1. The normalized spacial score (nSPS) is 20.4. The van der Waals surface area contributed by atoms with Crippen LogP contribution in [-0.4, -0.2) is 23.4 Å². The lowest BCUT2D eigenvalue weighted by atomic mass is 9.92. The average molecular weight is 257 g/mol. The maximum atomic E-state index is 12.3. The van der Waals surface area contributed by atoms with E-state index in [1.165, 1.54) is 11.1 Å². The summed E-state index contributed by atoms with van der Waals surface area (Å²) in [6, 6.07) is 10.7. The van der Waals surface area contributed by atoms with Gasteiger partial charge in [-0.05, 0) is 38.2 Å². The van der Waals surface area contributed by atoms with Crippen LogP contribution in [0.4, 0.5) is 0 Å². The molecule has 0 fully saturated rings. The van der Waals surface area contributed by atoms with Crippen LogP contribution >= 0.6 is 0 Å². The first kappa shape index (κ1) is 13.9.